The quantitative estimate of drug-likeness (QED) is 0.593. The van der Waals surface area contributed by atoms with Crippen LogP contribution in [0.1, 0.15) is 22.8 Å². The van der Waals surface area contributed by atoms with E-state index in [1.807, 2.05) is 0 Å². The van der Waals surface area contributed by atoms with E-state index in [0.717, 1.165) is 0 Å². The molecule has 20 heavy (non-hydrogen) atoms. The first-order valence-corrected chi connectivity index (χ1v) is 6.31. The lowest BCUT2D eigenvalue weighted by Crippen LogP contribution is -2.36. The predicted molar refractivity (Wildman–Crippen MR) is 73.9 cm³/mol. The summed E-state index contributed by atoms with van der Waals surface area (Å²) in [4.78, 5) is 25.0. The lowest BCUT2D eigenvalue weighted by Gasteiger charge is -2.20. The van der Waals surface area contributed by atoms with Crippen molar-refractivity contribution in [3.8, 4) is 0 Å². The van der Waals surface area contributed by atoms with Crippen LogP contribution in [0.5, 0.6) is 0 Å². The molecule has 1 rings (SSSR count). The highest BCUT2D eigenvalue weighted by molar-refractivity contribution is 5.96. The van der Waals surface area contributed by atoms with Crippen LogP contribution in [0.4, 0.5) is 4.39 Å². The molecule has 0 heterocycles. The van der Waals surface area contributed by atoms with Gasteiger partial charge < -0.3 is 9.64 Å². The van der Waals surface area contributed by atoms with Gasteiger partial charge in [-0.3, -0.25) is 9.59 Å². The molecule has 1 aromatic carbocycles. The van der Waals surface area contributed by atoms with Gasteiger partial charge in [-0.25, -0.2) is 4.39 Å². The minimum absolute atomic E-state index is 0.186. The van der Waals surface area contributed by atoms with E-state index in [1.165, 1.54) is 29.2 Å². The van der Waals surface area contributed by atoms with Gasteiger partial charge in [-0.1, -0.05) is 12.1 Å². The number of aryl methyl sites for hydroxylation is 1. The van der Waals surface area contributed by atoms with E-state index in [0.29, 0.717) is 5.56 Å². The van der Waals surface area contributed by atoms with Gasteiger partial charge in [0.05, 0.1) is 6.61 Å². The van der Waals surface area contributed by atoms with Crippen molar-refractivity contribution in [3.63, 3.8) is 0 Å². The third kappa shape index (κ3) is 4.19. The van der Waals surface area contributed by atoms with Crippen LogP contribution in [0.15, 0.2) is 30.9 Å². The number of benzene rings is 1. The highest BCUT2D eigenvalue weighted by Crippen LogP contribution is 2.11. The number of carbonyl (C=O) groups excluding carboxylic acids is 2. The fourth-order valence-electron chi connectivity index (χ4n) is 1.65. The third-order valence-corrected chi connectivity index (χ3v) is 2.68. The van der Waals surface area contributed by atoms with Crippen molar-refractivity contribution < 1.29 is 18.7 Å². The van der Waals surface area contributed by atoms with Gasteiger partial charge in [0.15, 0.2) is 0 Å². The number of ether oxygens (including phenoxy) is 1. The summed E-state index contributed by atoms with van der Waals surface area (Å²) in [5.74, 6) is -1.39. The number of amides is 1. The van der Waals surface area contributed by atoms with E-state index >= 15 is 0 Å². The maximum Gasteiger partial charge on any atom is 0.325 e. The van der Waals surface area contributed by atoms with Crippen LogP contribution in [0.25, 0.3) is 0 Å². The van der Waals surface area contributed by atoms with Crippen molar-refractivity contribution in [2.24, 2.45) is 0 Å². The van der Waals surface area contributed by atoms with Gasteiger partial charge in [0.2, 0.25) is 0 Å². The van der Waals surface area contributed by atoms with Crippen LogP contribution < -0.4 is 0 Å². The normalized spacial score (nSPS) is 9.95. The second-order valence-electron chi connectivity index (χ2n) is 4.24. The summed E-state index contributed by atoms with van der Waals surface area (Å²) < 4.78 is 18.3. The molecule has 108 valence electrons. The van der Waals surface area contributed by atoms with E-state index in [2.05, 4.69) is 6.58 Å². The van der Waals surface area contributed by atoms with Gasteiger partial charge in [0.25, 0.3) is 5.91 Å². The van der Waals surface area contributed by atoms with Crippen molar-refractivity contribution >= 4 is 11.9 Å². The molecule has 0 radical (unpaired) electrons. The number of carbonyl (C=O) groups is 2. The zero-order valence-electron chi connectivity index (χ0n) is 11.7. The Bertz CT molecular complexity index is 514. The monoisotopic (exact) mass is 279 g/mol. The van der Waals surface area contributed by atoms with Crippen LogP contribution >= 0.6 is 0 Å². The van der Waals surface area contributed by atoms with Crippen LogP contribution in [-0.4, -0.2) is 36.5 Å². The molecule has 0 atom stereocenters. The van der Waals surface area contributed by atoms with E-state index < -0.39 is 17.7 Å². The second-order valence-corrected chi connectivity index (χ2v) is 4.24. The summed E-state index contributed by atoms with van der Waals surface area (Å²) in [5.41, 5.74) is 0.654. The van der Waals surface area contributed by atoms with Gasteiger partial charge in [0, 0.05) is 12.1 Å². The van der Waals surface area contributed by atoms with E-state index in [9.17, 15) is 14.0 Å². The number of hydrogen-bond acceptors (Lipinski definition) is 3. The summed E-state index contributed by atoms with van der Waals surface area (Å²) >= 11 is 0. The average molecular weight is 279 g/mol. The highest BCUT2D eigenvalue weighted by atomic mass is 19.1. The number of esters is 1. The second kappa shape index (κ2) is 7.43. The average Bonchev–Trinajstić information content (AvgIpc) is 2.41. The molecular weight excluding hydrogens is 261 g/mol. The molecule has 0 saturated carbocycles. The molecule has 1 amide bonds. The molecule has 4 nitrogen and oxygen atoms in total. The lowest BCUT2D eigenvalue weighted by atomic mass is 10.1. The molecular formula is C15H18FNO3. The molecule has 1 aromatic rings. The molecule has 0 N–H and O–H groups in total. The number of nitrogens with zero attached hydrogens (tertiary/aromatic N) is 1. The lowest BCUT2D eigenvalue weighted by molar-refractivity contribution is -0.143. The minimum atomic E-state index is -0.504. The van der Waals surface area contributed by atoms with Crippen LogP contribution in [0.2, 0.25) is 0 Å². The third-order valence-electron chi connectivity index (χ3n) is 2.68. The Morgan fingerprint density at radius 1 is 1.45 bits per heavy atom. The summed E-state index contributed by atoms with van der Waals surface area (Å²) in [5, 5.41) is 0. The molecule has 0 aliphatic rings. The van der Waals surface area contributed by atoms with Crippen LogP contribution in [0.3, 0.4) is 0 Å². The molecule has 0 saturated heterocycles. The Morgan fingerprint density at radius 3 is 2.70 bits per heavy atom. The maximum absolute atomic E-state index is 13.5. The standard InChI is InChI=1S/C15H18FNO3/c1-4-8-17(10-14(18)20-5-2)15(19)12-7-6-11(3)13(16)9-12/h4,6-7,9H,1,5,8,10H2,2-3H3. The topological polar surface area (TPSA) is 46.6 Å². The van der Waals surface area contributed by atoms with Crippen molar-refractivity contribution in [2.45, 2.75) is 13.8 Å². The molecule has 0 unspecified atom stereocenters. The predicted octanol–water partition coefficient (Wildman–Crippen LogP) is 2.33. The zero-order chi connectivity index (χ0) is 15.1. The fraction of sp³-hybridized carbons (Fsp3) is 0.333. The van der Waals surface area contributed by atoms with Crippen LogP contribution in [0, 0.1) is 12.7 Å². The fourth-order valence-corrected chi connectivity index (χ4v) is 1.65. The van der Waals surface area contributed by atoms with E-state index in [1.54, 1.807) is 13.8 Å². The zero-order valence-corrected chi connectivity index (χ0v) is 11.7. The Hall–Kier alpha value is -2.17. The Labute approximate surface area is 117 Å². The first-order chi connectivity index (χ1) is 9.49. The smallest absolute Gasteiger partial charge is 0.325 e. The summed E-state index contributed by atoms with van der Waals surface area (Å²) in [6.07, 6.45) is 1.50. The van der Waals surface area contributed by atoms with Gasteiger partial charge in [-0.2, -0.15) is 0 Å². The molecule has 5 heteroatoms. The van der Waals surface area contributed by atoms with Crippen molar-refractivity contribution in [3.05, 3.63) is 47.8 Å². The molecule has 0 aliphatic heterocycles. The Morgan fingerprint density at radius 2 is 2.15 bits per heavy atom. The minimum Gasteiger partial charge on any atom is -0.465 e. The summed E-state index contributed by atoms with van der Waals surface area (Å²) in [6.45, 7) is 7.09. The first kappa shape index (κ1) is 15.9. The first-order valence-electron chi connectivity index (χ1n) is 6.31. The van der Waals surface area contributed by atoms with Gasteiger partial charge >= 0.3 is 5.97 Å². The molecule has 0 fully saturated rings. The maximum atomic E-state index is 13.5. The molecule has 0 spiro atoms. The highest BCUT2D eigenvalue weighted by Gasteiger charge is 2.19. The largest absolute Gasteiger partial charge is 0.465 e. The van der Waals surface area contributed by atoms with Crippen molar-refractivity contribution in [1.29, 1.82) is 0 Å². The molecule has 0 aromatic heterocycles. The Kier molecular flexibility index (Phi) is 5.90. The molecule has 0 bridgehead atoms. The van der Waals surface area contributed by atoms with Gasteiger partial charge in [-0.15, -0.1) is 6.58 Å². The van der Waals surface area contributed by atoms with E-state index in [4.69, 9.17) is 4.74 Å². The number of rotatable bonds is 6. The number of halogens is 1. The summed E-state index contributed by atoms with van der Waals surface area (Å²) in [6, 6.07) is 4.22. The van der Waals surface area contributed by atoms with Crippen LogP contribution in [-0.2, 0) is 9.53 Å². The van der Waals surface area contributed by atoms with Gasteiger partial charge in [0.1, 0.15) is 12.4 Å². The summed E-state index contributed by atoms with van der Waals surface area (Å²) in [7, 11) is 0. The SMILES string of the molecule is C=CCN(CC(=O)OCC)C(=O)c1ccc(C)c(F)c1. The Balaban J connectivity index is 2.89. The molecule has 0 aliphatic carbocycles. The van der Waals surface area contributed by atoms with E-state index in [-0.39, 0.29) is 25.3 Å². The number of hydrogen-bond donors (Lipinski definition) is 0. The van der Waals surface area contributed by atoms with Crippen molar-refractivity contribution in [1.82, 2.24) is 4.90 Å². The van der Waals surface area contributed by atoms with Gasteiger partial charge in [-0.05, 0) is 31.5 Å². The van der Waals surface area contributed by atoms with Crippen molar-refractivity contribution in [2.75, 3.05) is 19.7 Å².